The summed E-state index contributed by atoms with van der Waals surface area (Å²) in [6.45, 7) is 0. The number of aldehydes is 1. The topological polar surface area (TPSA) is 26.3 Å². The van der Waals surface area contributed by atoms with Gasteiger partial charge in [-0.3, -0.25) is 4.79 Å². The van der Waals surface area contributed by atoms with Crippen molar-refractivity contribution in [2.24, 2.45) is 23.2 Å². The molecule has 0 aromatic heterocycles. The first-order valence-corrected chi connectivity index (χ1v) is 8.36. The van der Waals surface area contributed by atoms with Crippen LogP contribution in [0.25, 0.3) is 0 Å². The minimum absolute atomic E-state index is 0.233. The Morgan fingerprint density at radius 2 is 1.77 bits per heavy atom. The highest BCUT2D eigenvalue weighted by atomic mass is 16.5. The molecular formula is C20H22O2. The second-order valence-corrected chi connectivity index (χ2v) is 7.53. The van der Waals surface area contributed by atoms with Crippen LogP contribution in [0.2, 0.25) is 0 Å². The Labute approximate surface area is 132 Å². The molecular weight excluding hydrogens is 272 g/mol. The molecule has 2 heteroatoms. The van der Waals surface area contributed by atoms with Crippen LogP contribution in [-0.4, -0.2) is 13.4 Å². The molecule has 0 atom stereocenters. The fraction of sp³-hybridized carbons (Fsp3) is 0.550. The molecule has 0 spiro atoms. The summed E-state index contributed by atoms with van der Waals surface area (Å²) in [5, 5.41) is 0. The highest BCUT2D eigenvalue weighted by Gasteiger charge is 2.50. The Morgan fingerprint density at radius 3 is 2.32 bits per heavy atom. The van der Waals surface area contributed by atoms with Crippen molar-refractivity contribution in [2.75, 3.05) is 7.11 Å². The Kier molecular flexibility index (Phi) is 3.26. The van der Waals surface area contributed by atoms with Crippen molar-refractivity contribution >= 4 is 6.29 Å². The molecule has 0 saturated heterocycles. The Hall–Kier alpha value is -1.75. The monoisotopic (exact) mass is 294 g/mol. The normalized spacial score (nSPS) is 34.9. The predicted octanol–water partition coefficient (Wildman–Crippen LogP) is 4.08. The van der Waals surface area contributed by atoms with Crippen LogP contribution in [0.4, 0.5) is 0 Å². The largest absolute Gasteiger partial charge is 0.495 e. The number of benzene rings is 1. The van der Waals surface area contributed by atoms with Crippen LogP contribution in [0, 0.1) is 35.0 Å². The van der Waals surface area contributed by atoms with Crippen LogP contribution in [0.15, 0.2) is 18.2 Å². The summed E-state index contributed by atoms with van der Waals surface area (Å²) in [6.07, 6.45) is 9.01. The van der Waals surface area contributed by atoms with Crippen LogP contribution in [0.5, 0.6) is 5.75 Å². The molecule has 0 unspecified atom stereocenters. The highest BCUT2D eigenvalue weighted by Crippen LogP contribution is 2.59. The fourth-order valence-corrected chi connectivity index (χ4v) is 5.36. The number of hydrogen-bond donors (Lipinski definition) is 0. The molecule has 4 bridgehead atoms. The molecule has 0 aliphatic heterocycles. The average molecular weight is 294 g/mol. The van der Waals surface area contributed by atoms with Gasteiger partial charge in [0.2, 0.25) is 0 Å². The minimum atomic E-state index is 0.233. The molecule has 0 heterocycles. The van der Waals surface area contributed by atoms with Gasteiger partial charge in [0.15, 0.2) is 0 Å². The lowest BCUT2D eigenvalue weighted by Crippen LogP contribution is -2.45. The zero-order valence-electron chi connectivity index (χ0n) is 13.1. The van der Waals surface area contributed by atoms with Gasteiger partial charge in [-0.1, -0.05) is 11.8 Å². The van der Waals surface area contributed by atoms with E-state index in [2.05, 4.69) is 11.8 Å². The second kappa shape index (κ2) is 5.16. The number of ether oxygens (including phenoxy) is 1. The van der Waals surface area contributed by atoms with Gasteiger partial charge in [0.25, 0.3) is 0 Å². The first-order chi connectivity index (χ1) is 10.7. The summed E-state index contributed by atoms with van der Waals surface area (Å²) in [6, 6.07) is 5.47. The summed E-state index contributed by atoms with van der Waals surface area (Å²) in [7, 11) is 1.66. The first-order valence-electron chi connectivity index (χ1n) is 8.36. The molecule has 2 nitrogen and oxygen atoms in total. The van der Waals surface area contributed by atoms with E-state index in [4.69, 9.17) is 4.74 Å². The first kappa shape index (κ1) is 13.9. The zero-order valence-corrected chi connectivity index (χ0v) is 13.1. The molecule has 5 rings (SSSR count). The maximum atomic E-state index is 11.0. The van der Waals surface area contributed by atoms with Crippen LogP contribution < -0.4 is 4.74 Å². The number of methoxy groups -OCH3 is 1. The van der Waals surface area contributed by atoms with Crippen molar-refractivity contribution in [3.63, 3.8) is 0 Å². The number of rotatable bonds is 2. The Bertz CT molecular complexity index is 627. The van der Waals surface area contributed by atoms with Crippen LogP contribution in [0.1, 0.15) is 54.4 Å². The maximum Gasteiger partial charge on any atom is 0.150 e. The minimum Gasteiger partial charge on any atom is -0.495 e. The van der Waals surface area contributed by atoms with Gasteiger partial charge in [0.1, 0.15) is 12.0 Å². The SMILES string of the molecule is COc1ccc(C=O)cc1C#CC12CC3CC(CC(C3)C1)C2. The van der Waals surface area contributed by atoms with Crippen molar-refractivity contribution in [2.45, 2.75) is 38.5 Å². The molecule has 114 valence electrons. The zero-order chi connectivity index (χ0) is 15.2. The van der Waals surface area contributed by atoms with Crippen LogP contribution >= 0.6 is 0 Å². The van der Waals surface area contributed by atoms with E-state index in [0.29, 0.717) is 5.56 Å². The smallest absolute Gasteiger partial charge is 0.150 e. The Balaban J connectivity index is 1.67. The van der Waals surface area contributed by atoms with Crippen molar-refractivity contribution in [3.05, 3.63) is 29.3 Å². The van der Waals surface area contributed by atoms with Crippen LogP contribution in [0.3, 0.4) is 0 Å². The van der Waals surface area contributed by atoms with E-state index in [0.717, 1.165) is 35.4 Å². The third kappa shape index (κ3) is 2.33. The fourth-order valence-electron chi connectivity index (χ4n) is 5.36. The standard InChI is InChI=1S/C20H22O2/c1-22-19-3-2-14(13-21)9-18(19)4-5-20-10-15-6-16(11-20)8-17(7-15)12-20/h2-3,9,13,15-17H,6-8,10-12H2,1H3. The summed E-state index contributed by atoms with van der Waals surface area (Å²) in [4.78, 5) is 11.0. The van der Waals surface area contributed by atoms with E-state index >= 15 is 0 Å². The molecule has 1 aromatic rings. The molecule has 4 fully saturated rings. The maximum absolute atomic E-state index is 11.0. The lowest BCUT2D eigenvalue weighted by atomic mass is 9.50. The predicted molar refractivity (Wildman–Crippen MR) is 85.9 cm³/mol. The second-order valence-electron chi connectivity index (χ2n) is 7.53. The van der Waals surface area contributed by atoms with E-state index < -0.39 is 0 Å². The highest BCUT2D eigenvalue weighted by molar-refractivity contribution is 5.76. The molecule has 0 N–H and O–H groups in total. The number of carbonyl (C=O) groups excluding carboxylic acids is 1. The van der Waals surface area contributed by atoms with Crippen molar-refractivity contribution in [1.82, 2.24) is 0 Å². The Morgan fingerprint density at radius 1 is 1.14 bits per heavy atom. The van der Waals surface area contributed by atoms with Crippen molar-refractivity contribution in [3.8, 4) is 17.6 Å². The lowest BCUT2D eigenvalue weighted by molar-refractivity contribution is -0.0181. The summed E-state index contributed by atoms with van der Waals surface area (Å²) in [5.41, 5.74) is 1.75. The quantitative estimate of drug-likeness (QED) is 0.607. The molecule has 4 saturated carbocycles. The van der Waals surface area contributed by atoms with E-state index in [-0.39, 0.29) is 5.41 Å². The average Bonchev–Trinajstić information content (AvgIpc) is 2.51. The van der Waals surface area contributed by atoms with E-state index in [1.165, 1.54) is 38.5 Å². The molecule has 4 aliphatic rings. The van der Waals surface area contributed by atoms with E-state index in [9.17, 15) is 4.79 Å². The van der Waals surface area contributed by atoms with Crippen LogP contribution in [-0.2, 0) is 0 Å². The van der Waals surface area contributed by atoms with Gasteiger partial charge in [0, 0.05) is 11.0 Å². The van der Waals surface area contributed by atoms with Gasteiger partial charge in [-0.25, -0.2) is 0 Å². The molecule has 1 aromatic carbocycles. The van der Waals surface area contributed by atoms with E-state index in [1.54, 1.807) is 13.2 Å². The summed E-state index contributed by atoms with van der Waals surface area (Å²) < 4.78 is 5.40. The van der Waals surface area contributed by atoms with Crippen molar-refractivity contribution in [1.29, 1.82) is 0 Å². The van der Waals surface area contributed by atoms with Gasteiger partial charge in [-0.15, -0.1) is 0 Å². The summed E-state index contributed by atoms with van der Waals surface area (Å²) >= 11 is 0. The van der Waals surface area contributed by atoms with Gasteiger partial charge in [-0.2, -0.15) is 0 Å². The lowest BCUT2D eigenvalue weighted by Gasteiger charge is -2.54. The van der Waals surface area contributed by atoms with Gasteiger partial charge in [0.05, 0.1) is 12.7 Å². The number of hydrogen-bond acceptors (Lipinski definition) is 2. The summed E-state index contributed by atoms with van der Waals surface area (Å²) in [5.74, 6) is 10.5. The molecule has 0 amide bonds. The number of carbonyl (C=O) groups is 1. The van der Waals surface area contributed by atoms with E-state index in [1.807, 2.05) is 12.1 Å². The van der Waals surface area contributed by atoms with Crippen molar-refractivity contribution < 1.29 is 9.53 Å². The third-order valence-corrected chi connectivity index (χ3v) is 5.86. The van der Waals surface area contributed by atoms with Gasteiger partial charge < -0.3 is 4.74 Å². The molecule has 22 heavy (non-hydrogen) atoms. The third-order valence-electron chi connectivity index (χ3n) is 5.86. The van der Waals surface area contributed by atoms with Gasteiger partial charge in [-0.05, 0) is 74.5 Å². The van der Waals surface area contributed by atoms with Gasteiger partial charge >= 0.3 is 0 Å². The molecule has 4 aliphatic carbocycles. The molecule has 0 radical (unpaired) electrons.